The molecule has 1 atom stereocenters. The number of rotatable bonds is 0. The van der Waals surface area contributed by atoms with Crippen LogP contribution in [0.3, 0.4) is 0 Å². The van der Waals surface area contributed by atoms with Gasteiger partial charge >= 0.3 is 0 Å². The maximum Gasteiger partial charge on any atom is 0.248 e. The molecule has 22 heavy (non-hydrogen) atoms. The first kappa shape index (κ1) is 13.5. The monoisotopic (exact) mass is 297 g/mol. The maximum atomic E-state index is 10.9. The zero-order chi connectivity index (χ0) is 15.4. The first-order valence-corrected chi connectivity index (χ1v) is 7.60. The molecule has 1 spiro atoms. The molecule has 1 aromatic rings. The van der Waals surface area contributed by atoms with E-state index in [2.05, 4.69) is 29.9 Å². The zero-order valence-electron chi connectivity index (χ0n) is 12.8. The van der Waals surface area contributed by atoms with E-state index < -0.39 is 5.72 Å². The molecular weight excluding hydrogens is 278 g/mol. The van der Waals surface area contributed by atoms with Gasteiger partial charge in [-0.1, -0.05) is 26.0 Å². The summed E-state index contributed by atoms with van der Waals surface area (Å²) in [6, 6.07) is 3.89. The molecule has 1 aromatic heterocycles. The third-order valence-electron chi connectivity index (χ3n) is 4.74. The van der Waals surface area contributed by atoms with Crippen molar-refractivity contribution in [2.75, 3.05) is 5.06 Å². The van der Waals surface area contributed by atoms with Gasteiger partial charge in [0.05, 0.1) is 6.21 Å². The second-order valence-corrected chi connectivity index (χ2v) is 6.66. The van der Waals surface area contributed by atoms with Crippen molar-refractivity contribution in [2.24, 2.45) is 10.4 Å². The van der Waals surface area contributed by atoms with Gasteiger partial charge in [-0.25, -0.2) is 4.98 Å². The predicted octanol–water partition coefficient (Wildman–Crippen LogP) is 3.22. The van der Waals surface area contributed by atoms with Crippen molar-refractivity contribution >= 4 is 12.0 Å². The minimum absolute atomic E-state index is 0.346. The Bertz CT molecular complexity index is 720. The lowest BCUT2D eigenvalue weighted by Gasteiger charge is -2.52. The third kappa shape index (κ3) is 1.69. The van der Waals surface area contributed by atoms with Gasteiger partial charge in [-0.3, -0.25) is 10.2 Å². The Morgan fingerprint density at radius 3 is 3.09 bits per heavy atom. The minimum Gasteiger partial charge on any atom is -0.462 e. The van der Waals surface area contributed by atoms with E-state index in [9.17, 15) is 5.21 Å². The number of hydrogen-bond acceptors (Lipinski definition) is 5. The number of aromatic nitrogens is 1. The molecule has 0 aromatic carbocycles. The van der Waals surface area contributed by atoms with E-state index in [1.54, 1.807) is 12.4 Å². The van der Waals surface area contributed by atoms with Crippen molar-refractivity contribution < 1.29 is 9.94 Å². The molecule has 3 aliphatic rings. The second-order valence-electron chi connectivity index (χ2n) is 6.66. The second kappa shape index (κ2) is 4.43. The summed E-state index contributed by atoms with van der Waals surface area (Å²) in [5.74, 6) is 1.39. The zero-order valence-corrected chi connectivity index (χ0v) is 12.8. The summed E-state index contributed by atoms with van der Waals surface area (Å²) in [6.07, 6.45) is 9.98. The molecule has 0 radical (unpaired) electrons. The van der Waals surface area contributed by atoms with E-state index >= 15 is 0 Å². The quantitative estimate of drug-likeness (QED) is 0.799. The number of nitrogens with zero attached hydrogens (tertiary/aromatic N) is 3. The molecule has 2 aliphatic heterocycles. The average Bonchev–Trinajstić information content (AvgIpc) is 2.52. The van der Waals surface area contributed by atoms with Crippen LogP contribution < -0.4 is 5.06 Å². The summed E-state index contributed by atoms with van der Waals surface area (Å²) < 4.78 is 6.32. The average molecular weight is 297 g/mol. The number of hydrogen-bond donors (Lipinski definition) is 1. The summed E-state index contributed by atoms with van der Waals surface area (Å²) in [7, 11) is 0. The van der Waals surface area contributed by atoms with E-state index in [0.29, 0.717) is 5.82 Å². The van der Waals surface area contributed by atoms with E-state index in [4.69, 9.17) is 4.74 Å². The largest absolute Gasteiger partial charge is 0.462 e. The smallest absolute Gasteiger partial charge is 0.248 e. The molecule has 5 heteroatoms. The van der Waals surface area contributed by atoms with Gasteiger partial charge < -0.3 is 4.74 Å². The number of pyridine rings is 1. The van der Waals surface area contributed by atoms with Gasteiger partial charge in [0.15, 0.2) is 5.82 Å². The number of allylic oxidation sites excluding steroid dienone is 3. The van der Waals surface area contributed by atoms with Crippen LogP contribution in [0, 0.1) is 5.41 Å². The number of fused-ring (bicyclic) bond motifs is 1. The van der Waals surface area contributed by atoms with Gasteiger partial charge in [0.1, 0.15) is 11.5 Å². The minimum atomic E-state index is -1.02. The number of hydroxylamine groups is 1. The highest BCUT2D eigenvalue weighted by Crippen LogP contribution is 2.49. The lowest BCUT2D eigenvalue weighted by atomic mass is 9.73. The predicted molar refractivity (Wildman–Crippen MR) is 83.7 cm³/mol. The van der Waals surface area contributed by atoms with Gasteiger partial charge in [-0.05, 0) is 30.5 Å². The Labute approximate surface area is 129 Å². The Kier molecular flexibility index (Phi) is 2.72. The SMILES string of the molecule is CC1(C)Cc2cccnc2N(O)[C@@]12C=NC1=C(CCC=C1)O2. The van der Waals surface area contributed by atoms with Gasteiger partial charge in [0.25, 0.3) is 0 Å². The topological polar surface area (TPSA) is 58.0 Å². The number of anilines is 1. The molecule has 1 aliphatic carbocycles. The van der Waals surface area contributed by atoms with E-state index in [1.165, 1.54) is 0 Å². The highest BCUT2D eigenvalue weighted by atomic mass is 16.6. The molecule has 3 heterocycles. The Hall–Kier alpha value is -2.14. The molecule has 114 valence electrons. The lowest BCUT2D eigenvalue weighted by Crippen LogP contribution is -2.64. The first-order chi connectivity index (χ1) is 10.5. The fraction of sp³-hybridized carbons (Fsp3) is 0.412. The Morgan fingerprint density at radius 1 is 1.36 bits per heavy atom. The van der Waals surface area contributed by atoms with Crippen molar-refractivity contribution in [3.05, 3.63) is 47.5 Å². The molecule has 0 amide bonds. The van der Waals surface area contributed by atoms with Crippen LogP contribution in [0.1, 0.15) is 32.3 Å². The van der Waals surface area contributed by atoms with E-state index in [1.807, 2.05) is 18.2 Å². The van der Waals surface area contributed by atoms with Crippen molar-refractivity contribution in [2.45, 2.75) is 38.8 Å². The highest BCUT2D eigenvalue weighted by molar-refractivity contribution is 5.79. The van der Waals surface area contributed by atoms with Crippen LogP contribution in [0.15, 0.2) is 46.9 Å². The van der Waals surface area contributed by atoms with Crippen LogP contribution in [-0.2, 0) is 11.2 Å². The molecule has 0 saturated heterocycles. The van der Waals surface area contributed by atoms with Crippen LogP contribution >= 0.6 is 0 Å². The molecule has 0 saturated carbocycles. The van der Waals surface area contributed by atoms with Crippen molar-refractivity contribution in [3.8, 4) is 0 Å². The van der Waals surface area contributed by atoms with Crippen LogP contribution in [0.2, 0.25) is 0 Å². The Morgan fingerprint density at radius 2 is 2.23 bits per heavy atom. The number of ether oxygens (including phenoxy) is 1. The fourth-order valence-corrected chi connectivity index (χ4v) is 3.44. The van der Waals surface area contributed by atoms with Crippen molar-refractivity contribution in [3.63, 3.8) is 0 Å². The third-order valence-corrected chi connectivity index (χ3v) is 4.74. The molecular formula is C17H19N3O2. The van der Waals surface area contributed by atoms with Gasteiger partial charge in [0, 0.05) is 18.0 Å². The Balaban J connectivity index is 1.83. The number of aliphatic imine (C=N–C) groups is 1. The summed E-state index contributed by atoms with van der Waals surface area (Å²) in [4.78, 5) is 8.88. The van der Waals surface area contributed by atoms with Crippen molar-refractivity contribution in [1.29, 1.82) is 0 Å². The van der Waals surface area contributed by atoms with Gasteiger partial charge in [0.2, 0.25) is 5.72 Å². The molecule has 0 unspecified atom stereocenters. The molecule has 0 bridgehead atoms. The molecule has 0 fully saturated rings. The summed E-state index contributed by atoms with van der Waals surface area (Å²) >= 11 is 0. The van der Waals surface area contributed by atoms with E-state index in [0.717, 1.165) is 41.3 Å². The lowest BCUT2D eigenvalue weighted by molar-refractivity contribution is -0.0960. The molecule has 1 N–H and O–H groups in total. The maximum absolute atomic E-state index is 10.9. The van der Waals surface area contributed by atoms with Crippen molar-refractivity contribution in [1.82, 2.24) is 4.98 Å². The normalized spacial score (nSPS) is 28.4. The molecule has 4 rings (SSSR count). The summed E-state index contributed by atoms with van der Waals surface area (Å²) in [5, 5.41) is 12.0. The standard InChI is InChI=1S/C17H19N3O2/c1-16(2)10-12-6-5-9-18-15(12)20(21)17(16)11-19-13-7-3-4-8-14(13)22-17/h3,5-7,9,11,21H,4,8,10H2,1-2H3/t17-/m1/s1. The van der Waals surface area contributed by atoms with Gasteiger partial charge in [-0.15, -0.1) is 0 Å². The first-order valence-electron chi connectivity index (χ1n) is 7.60. The van der Waals surface area contributed by atoms with E-state index in [-0.39, 0.29) is 5.41 Å². The van der Waals surface area contributed by atoms with Crippen LogP contribution in [0.4, 0.5) is 5.82 Å². The summed E-state index contributed by atoms with van der Waals surface area (Å²) in [6.45, 7) is 4.17. The summed E-state index contributed by atoms with van der Waals surface area (Å²) in [5.41, 5.74) is 0.508. The van der Waals surface area contributed by atoms with Crippen LogP contribution in [0.5, 0.6) is 0 Å². The highest BCUT2D eigenvalue weighted by Gasteiger charge is 2.57. The van der Waals surface area contributed by atoms with Gasteiger partial charge in [-0.2, -0.15) is 5.06 Å². The molecule has 5 nitrogen and oxygen atoms in total. The van der Waals surface area contributed by atoms with Crippen LogP contribution in [-0.4, -0.2) is 22.1 Å². The van der Waals surface area contributed by atoms with Crippen LogP contribution in [0.25, 0.3) is 0 Å². The fourth-order valence-electron chi connectivity index (χ4n) is 3.44.